The number of nitrogens with zero attached hydrogens (tertiary/aromatic N) is 1. The van der Waals surface area contributed by atoms with Gasteiger partial charge in [-0.05, 0) is 45.0 Å². The lowest BCUT2D eigenvalue weighted by Crippen LogP contribution is -2.40. The van der Waals surface area contributed by atoms with Crippen molar-refractivity contribution in [3.63, 3.8) is 0 Å². The monoisotopic (exact) mass is 305 g/mol. The van der Waals surface area contributed by atoms with E-state index in [4.69, 9.17) is 0 Å². The molecule has 2 rings (SSSR count). The second-order valence-electron chi connectivity index (χ2n) is 5.88. The zero-order chi connectivity index (χ0) is 16.3. The molecule has 4 nitrogen and oxygen atoms in total. The lowest BCUT2D eigenvalue weighted by Gasteiger charge is -2.20. The molecule has 0 unspecified atom stereocenters. The van der Waals surface area contributed by atoms with Crippen molar-refractivity contribution in [3.8, 4) is 0 Å². The molecule has 0 aliphatic carbocycles. The summed E-state index contributed by atoms with van der Waals surface area (Å²) in [6.45, 7) is 5.59. The third-order valence-corrected chi connectivity index (χ3v) is 2.69. The van der Waals surface area contributed by atoms with Crippen LogP contribution in [0.2, 0.25) is 0 Å². The van der Waals surface area contributed by atoms with Crippen LogP contribution in [0.3, 0.4) is 0 Å². The van der Waals surface area contributed by atoms with Gasteiger partial charge in [-0.3, -0.25) is 9.78 Å². The summed E-state index contributed by atoms with van der Waals surface area (Å²) in [5.74, 6) is -1.68. The zero-order valence-electron chi connectivity index (χ0n) is 12.6. The third kappa shape index (κ3) is 4.25. The van der Waals surface area contributed by atoms with Gasteiger partial charge in [-0.1, -0.05) is 0 Å². The fraction of sp³-hybridized carbons (Fsp3) is 0.250. The quantitative estimate of drug-likeness (QED) is 0.910. The summed E-state index contributed by atoms with van der Waals surface area (Å²) in [6.07, 6.45) is 1.45. The average molecular weight is 305 g/mol. The SMILES string of the molecule is CC(C)(C)NC(=O)c1cc(Nc2ccc(F)cc2F)ccn1. The van der Waals surface area contributed by atoms with E-state index in [2.05, 4.69) is 15.6 Å². The molecule has 1 aromatic carbocycles. The Labute approximate surface area is 127 Å². The number of rotatable bonds is 3. The van der Waals surface area contributed by atoms with E-state index in [1.165, 1.54) is 18.3 Å². The van der Waals surface area contributed by atoms with Gasteiger partial charge in [0, 0.05) is 23.5 Å². The van der Waals surface area contributed by atoms with Gasteiger partial charge in [0.1, 0.15) is 17.3 Å². The van der Waals surface area contributed by atoms with Gasteiger partial charge < -0.3 is 10.6 Å². The van der Waals surface area contributed by atoms with Crippen LogP contribution < -0.4 is 10.6 Å². The topological polar surface area (TPSA) is 54.0 Å². The lowest BCUT2D eigenvalue weighted by molar-refractivity contribution is 0.0914. The van der Waals surface area contributed by atoms with E-state index in [9.17, 15) is 13.6 Å². The van der Waals surface area contributed by atoms with Crippen LogP contribution in [0.4, 0.5) is 20.2 Å². The molecular formula is C16H17F2N3O. The van der Waals surface area contributed by atoms with Crippen molar-refractivity contribution < 1.29 is 13.6 Å². The van der Waals surface area contributed by atoms with Crippen molar-refractivity contribution in [1.82, 2.24) is 10.3 Å². The van der Waals surface area contributed by atoms with E-state index in [0.717, 1.165) is 12.1 Å². The number of carbonyl (C=O) groups excluding carboxylic acids is 1. The largest absolute Gasteiger partial charge is 0.353 e. The lowest BCUT2D eigenvalue weighted by atomic mass is 10.1. The molecule has 2 aromatic rings. The Balaban J connectivity index is 2.20. The fourth-order valence-corrected chi connectivity index (χ4v) is 1.78. The molecular weight excluding hydrogens is 288 g/mol. The molecule has 0 bridgehead atoms. The van der Waals surface area contributed by atoms with Gasteiger partial charge in [0.15, 0.2) is 0 Å². The van der Waals surface area contributed by atoms with Crippen molar-refractivity contribution in [2.45, 2.75) is 26.3 Å². The van der Waals surface area contributed by atoms with Crippen LogP contribution in [-0.4, -0.2) is 16.4 Å². The number of pyridine rings is 1. The number of aromatic nitrogens is 1. The molecule has 1 aromatic heterocycles. The maximum Gasteiger partial charge on any atom is 0.270 e. The molecule has 0 atom stereocenters. The summed E-state index contributed by atoms with van der Waals surface area (Å²) in [7, 11) is 0. The molecule has 0 saturated carbocycles. The number of benzene rings is 1. The number of nitrogens with one attached hydrogen (secondary N) is 2. The second-order valence-corrected chi connectivity index (χ2v) is 5.88. The molecule has 0 saturated heterocycles. The summed E-state index contributed by atoms with van der Waals surface area (Å²) in [6, 6.07) is 6.33. The van der Waals surface area contributed by atoms with Crippen molar-refractivity contribution >= 4 is 17.3 Å². The normalized spacial score (nSPS) is 11.1. The minimum Gasteiger partial charge on any atom is -0.353 e. The van der Waals surface area contributed by atoms with Crippen LogP contribution in [0.5, 0.6) is 0 Å². The number of carbonyl (C=O) groups is 1. The first-order valence-electron chi connectivity index (χ1n) is 6.75. The van der Waals surface area contributed by atoms with Crippen molar-refractivity contribution in [3.05, 3.63) is 53.9 Å². The van der Waals surface area contributed by atoms with Gasteiger partial charge in [0.25, 0.3) is 5.91 Å². The van der Waals surface area contributed by atoms with Gasteiger partial charge in [-0.15, -0.1) is 0 Å². The van der Waals surface area contributed by atoms with Gasteiger partial charge in [-0.25, -0.2) is 8.78 Å². The molecule has 0 aliphatic rings. The highest BCUT2D eigenvalue weighted by Gasteiger charge is 2.16. The molecule has 22 heavy (non-hydrogen) atoms. The van der Waals surface area contributed by atoms with Crippen LogP contribution in [0.15, 0.2) is 36.5 Å². The maximum absolute atomic E-state index is 13.6. The molecule has 1 heterocycles. The first kappa shape index (κ1) is 15.9. The van der Waals surface area contributed by atoms with Crippen molar-refractivity contribution in [1.29, 1.82) is 0 Å². The average Bonchev–Trinajstić information content (AvgIpc) is 2.40. The molecule has 6 heteroatoms. The zero-order valence-corrected chi connectivity index (χ0v) is 12.6. The Morgan fingerprint density at radius 2 is 1.86 bits per heavy atom. The fourth-order valence-electron chi connectivity index (χ4n) is 1.78. The van der Waals surface area contributed by atoms with Gasteiger partial charge in [-0.2, -0.15) is 0 Å². The van der Waals surface area contributed by atoms with Crippen molar-refractivity contribution in [2.75, 3.05) is 5.32 Å². The first-order chi connectivity index (χ1) is 10.2. The highest BCUT2D eigenvalue weighted by Crippen LogP contribution is 2.21. The molecule has 116 valence electrons. The van der Waals surface area contributed by atoms with Gasteiger partial charge >= 0.3 is 0 Å². The Morgan fingerprint density at radius 1 is 1.14 bits per heavy atom. The second kappa shape index (κ2) is 6.09. The van der Waals surface area contributed by atoms with E-state index in [1.54, 1.807) is 6.07 Å². The Morgan fingerprint density at radius 3 is 2.50 bits per heavy atom. The summed E-state index contributed by atoms with van der Waals surface area (Å²) in [5, 5.41) is 5.59. The van der Waals surface area contributed by atoms with Crippen LogP contribution in [0.25, 0.3) is 0 Å². The van der Waals surface area contributed by atoms with E-state index < -0.39 is 11.6 Å². The highest BCUT2D eigenvalue weighted by atomic mass is 19.1. The predicted molar refractivity (Wildman–Crippen MR) is 81.1 cm³/mol. The van der Waals surface area contributed by atoms with Gasteiger partial charge in [0.05, 0.1) is 5.69 Å². The minimum absolute atomic E-state index is 0.120. The number of hydrogen-bond acceptors (Lipinski definition) is 3. The number of anilines is 2. The Hall–Kier alpha value is -2.50. The van der Waals surface area contributed by atoms with Crippen LogP contribution >= 0.6 is 0 Å². The maximum atomic E-state index is 13.6. The summed E-state index contributed by atoms with van der Waals surface area (Å²) < 4.78 is 26.5. The summed E-state index contributed by atoms with van der Waals surface area (Å²) in [4.78, 5) is 16.0. The smallest absolute Gasteiger partial charge is 0.270 e. The Bertz CT molecular complexity index is 696. The molecule has 0 radical (unpaired) electrons. The third-order valence-electron chi connectivity index (χ3n) is 2.69. The number of amides is 1. The van der Waals surface area contributed by atoms with E-state index in [1.807, 2.05) is 20.8 Å². The predicted octanol–water partition coefficient (Wildman–Crippen LogP) is 3.63. The number of hydrogen-bond donors (Lipinski definition) is 2. The van der Waals surface area contributed by atoms with E-state index >= 15 is 0 Å². The molecule has 0 aliphatic heterocycles. The molecule has 0 spiro atoms. The Kier molecular flexibility index (Phi) is 4.40. The van der Waals surface area contributed by atoms with Crippen molar-refractivity contribution in [2.24, 2.45) is 0 Å². The van der Waals surface area contributed by atoms with Crippen LogP contribution in [-0.2, 0) is 0 Å². The van der Waals surface area contributed by atoms with Gasteiger partial charge in [0.2, 0.25) is 0 Å². The molecule has 0 fully saturated rings. The standard InChI is InChI=1S/C16H17F2N3O/c1-16(2,3)21-15(22)14-9-11(6-7-19-14)20-13-5-4-10(17)8-12(13)18/h4-9H,1-3H3,(H,19,20)(H,21,22). The first-order valence-corrected chi connectivity index (χ1v) is 6.75. The minimum atomic E-state index is -0.711. The summed E-state index contributed by atoms with van der Waals surface area (Å²) in [5.41, 5.74) is 0.433. The van der Waals surface area contributed by atoms with Crippen LogP contribution in [0, 0.1) is 11.6 Å². The van der Waals surface area contributed by atoms with E-state index in [0.29, 0.717) is 5.69 Å². The molecule has 2 N–H and O–H groups in total. The highest BCUT2D eigenvalue weighted by molar-refractivity contribution is 5.93. The van der Waals surface area contributed by atoms with E-state index in [-0.39, 0.29) is 22.8 Å². The molecule has 1 amide bonds. The number of halogens is 2. The van der Waals surface area contributed by atoms with Crippen LogP contribution in [0.1, 0.15) is 31.3 Å². The summed E-state index contributed by atoms with van der Waals surface area (Å²) >= 11 is 0.